The zero-order valence-electron chi connectivity index (χ0n) is 13.5. The summed E-state index contributed by atoms with van der Waals surface area (Å²) in [4.78, 5) is 41.4. The summed E-state index contributed by atoms with van der Waals surface area (Å²) in [5, 5.41) is 16.0. The van der Waals surface area contributed by atoms with E-state index >= 15 is 0 Å². The Hall–Kier alpha value is -2.81. The maximum Gasteiger partial charge on any atom is 0.273 e. The summed E-state index contributed by atoms with van der Waals surface area (Å²) in [5.41, 5.74) is 0.459. The van der Waals surface area contributed by atoms with Gasteiger partial charge in [0.1, 0.15) is 6.04 Å². The Morgan fingerprint density at radius 1 is 1.44 bits per heavy atom. The smallest absolute Gasteiger partial charge is 0.273 e. The molecular weight excluding hydrogens is 344 g/mol. The molecule has 1 N–H and O–H groups in total. The number of aromatic nitrogens is 1. The molecular formula is C16H16N4O4S. The summed E-state index contributed by atoms with van der Waals surface area (Å²) in [7, 11) is 0. The van der Waals surface area contributed by atoms with E-state index in [1.165, 1.54) is 28.4 Å². The Morgan fingerprint density at radius 2 is 2.24 bits per heavy atom. The fraction of sp³-hybridized carbons (Fsp3) is 0.312. The Balaban J connectivity index is 1.83. The molecule has 1 aliphatic heterocycles. The van der Waals surface area contributed by atoms with Crippen LogP contribution in [0.4, 0.5) is 10.8 Å². The number of likely N-dealkylation sites (tertiary alicyclic amines) is 1. The summed E-state index contributed by atoms with van der Waals surface area (Å²) >= 11 is 1.30. The number of benzene rings is 1. The molecule has 2 heterocycles. The van der Waals surface area contributed by atoms with E-state index in [9.17, 15) is 19.7 Å². The lowest BCUT2D eigenvalue weighted by Crippen LogP contribution is -2.43. The molecule has 1 fully saturated rings. The van der Waals surface area contributed by atoms with Crippen molar-refractivity contribution in [1.29, 1.82) is 0 Å². The van der Waals surface area contributed by atoms with E-state index in [2.05, 4.69) is 10.3 Å². The number of rotatable bonds is 4. The predicted molar refractivity (Wildman–Crippen MR) is 92.6 cm³/mol. The number of anilines is 1. The number of hydrogen-bond donors (Lipinski definition) is 1. The molecule has 1 atom stereocenters. The van der Waals surface area contributed by atoms with E-state index in [1.807, 2.05) is 0 Å². The van der Waals surface area contributed by atoms with Gasteiger partial charge in [-0.15, -0.1) is 11.3 Å². The number of carbonyl (C=O) groups excluding carboxylic acids is 2. The van der Waals surface area contributed by atoms with Gasteiger partial charge in [-0.05, 0) is 25.8 Å². The Kier molecular flexibility index (Phi) is 4.75. The molecule has 1 unspecified atom stereocenters. The number of carbonyl (C=O) groups is 2. The molecule has 2 aromatic rings. The summed E-state index contributed by atoms with van der Waals surface area (Å²) in [6.45, 7) is 1.99. The van der Waals surface area contributed by atoms with E-state index < -0.39 is 11.0 Å². The Labute approximate surface area is 147 Å². The zero-order valence-corrected chi connectivity index (χ0v) is 14.3. The molecule has 130 valence electrons. The summed E-state index contributed by atoms with van der Waals surface area (Å²) in [5.74, 6) is -0.651. The third-order valence-electron chi connectivity index (χ3n) is 4.21. The van der Waals surface area contributed by atoms with Crippen molar-refractivity contribution in [3.63, 3.8) is 0 Å². The van der Waals surface area contributed by atoms with Crippen molar-refractivity contribution < 1.29 is 14.5 Å². The van der Waals surface area contributed by atoms with Gasteiger partial charge in [-0.1, -0.05) is 6.07 Å². The number of nitro benzene ring substituents is 1. The molecule has 25 heavy (non-hydrogen) atoms. The van der Waals surface area contributed by atoms with Crippen LogP contribution in [-0.2, 0) is 4.79 Å². The number of amides is 2. The van der Waals surface area contributed by atoms with Crippen LogP contribution in [0, 0.1) is 17.0 Å². The molecule has 0 bridgehead atoms. The van der Waals surface area contributed by atoms with E-state index in [1.54, 1.807) is 24.6 Å². The lowest BCUT2D eigenvalue weighted by molar-refractivity contribution is -0.385. The summed E-state index contributed by atoms with van der Waals surface area (Å²) in [6, 6.07) is 3.80. The predicted octanol–water partition coefficient (Wildman–Crippen LogP) is 2.60. The normalized spacial score (nSPS) is 16.7. The minimum atomic E-state index is -0.602. The minimum absolute atomic E-state index is 0.103. The largest absolute Gasteiger partial charge is 0.327 e. The van der Waals surface area contributed by atoms with Crippen molar-refractivity contribution in [2.24, 2.45) is 0 Å². The average molecular weight is 360 g/mol. The third kappa shape index (κ3) is 3.36. The van der Waals surface area contributed by atoms with E-state index in [0.717, 1.165) is 0 Å². The van der Waals surface area contributed by atoms with Crippen molar-refractivity contribution in [2.75, 3.05) is 11.9 Å². The Bertz CT molecular complexity index is 822. The van der Waals surface area contributed by atoms with Gasteiger partial charge in [0.05, 0.1) is 4.92 Å². The van der Waals surface area contributed by atoms with E-state index in [0.29, 0.717) is 30.1 Å². The lowest BCUT2D eigenvalue weighted by Gasteiger charge is -2.24. The zero-order chi connectivity index (χ0) is 18.0. The van der Waals surface area contributed by atoms with Crippen LogP contribution in [0.1, 0.15) is 28.8 Å². The maximum absolute atomic E-state index is 12.9. The molecule has 2 amide bonds. The first-order chi connectivity index (χ1) is 12.0. The molecule has 3 rings (SSSR count). The topological polar surface area (TPSA) is 105 Å². The number of nitrogens with one attached hydrogen (secondary N) is 1. The first-order valence-corrected chi connectivity index (χ1v) is 8.62. The molecule has 8 nitrogen and oxygen atoms in total. The van der Waals surface area contributed by atoms with Crippen LogP contribution in [0.3, 0.4) is 0 Å². The van der Waals surface area contributed by atoms with Gasteiger partial charge in [-0.3, -0.25) is 19.7 Å². The number of thiazole rings is 1. The minimum Gasteiger partial charge on any atom is -0.327 e. The van der Waals surface area contributed by atoms with Crippen LogP contribution in [0.2, 0.25) is 0 Å². The monoisotopic (exact) mass is 360 g/mol. The van der Waals surface area contributed by atoms with Gasteiger partial charge in [-0.25, -0.2) is 4.98 Å². The second kappa shape index (κ2) is 6.98. The van der Waals surface area contributed by atoms with Gasteiger partial charge in [0.15, 0.2) is 5.13 Å². The van der Waals surface area contributed by atoms with Crippen molar-refractivity contribution in [2.45, 2.75) is 25.8 Å². The van der Waals surface area contributed by atoms with Gasteiger partial charge in [0.25, 0.3) is 11.6 Å². The van der Waals surface area contributed by atoms with Crippen LogP contribution in [0.5, 0.6) is 0 Å². The van der Waals surface area contributed by atoms with E-state index in [-0.39, 0.29) is 23.1 Å². The number of hydrogen-bond acceptors (Lipinski definition) is 6. The molecule has 0 radical (unpaired) electrons. The Morgan fingerprint density at radius 3 is 2.92 bits per heavy atom. The first-order valence-electron chi connectivity index (χ1n) is 7.74. The molecule has 9 heteroatoms. The standard InChI is InChI=1S/C16H16N4O4S/c1-10-11(4-2-5-12(10)20(23)24)15(22)19-8-3-6-13(19)14(21)18-16-17-7-9-25-16/h2,4-5,7,9,13H,3,6,8H2,1H3,(H,17,18,21). The molecule has 0 aliphatic carbocycles. The molecule has 1 aromatic heterocycles. The highest BCUT2D eigenvalue weighted by Gasteiger charge is 2.36. The van der Waals surface area contributed by atoms with Crippen LogP contribution < -0.4 is 5.32 Å². The molecule has 1 saturated heterocycles. The molecule has 0 saturated carbocycles. The van der Waals surface area contributed by atoms with Crippen LogP contribution in [0.25, 0.3) is 0 Å². The van der Waals surface area contributed by atoms with Crippen molar-refractivity contribution in [3.8, 4) is 0 Å². The van der Waals surface area contributed by atoms with Gasteiger partial charge in [0, 0.05) is 35.3 Å². The highest BCUT2D eigenvalue weighted by molar-refractivity contribution is 7.13. The second-order valence-electron chi connectivity index (χ2n) is 5.69. The van der Waals surface area contributed by atoms with Gasteiger partial charge in [0.2, 0.25) is 5.91 Å². The van der Waals surface area contributed by atoms with Gasteiger partial charge < -0.3 is 10.2 Å². The number of nitro groups is 1. The molecule has 0 spiro atoms. The van der Waals surface area contributed by atoms with Crippen LogP contribution in [-0.4, -0.2) is 39.2 Å². The van der Waals surface area contributed by atoms with Gasteiger partial charge in [-0.2, -0.15) is 0 Å². The molecule has 1 aromatic carbocycles. The third-order valence-corrected chi connectivity index (χ3v) is 4.90. The van der Waals surface area contributed by atoms with Gasteiger partial charge >= 0.3 is 0 Å². The van der Waals surface area contributed by atoms with Crippen molar-refractivity contribution in [1.82, 2.24) is 9.88 Å². The lowest BCUT2D eigenvalue weighted by atomic mass is 10.0. The second-order valence-corrected chi connectivity index (χ2v) is 6.58. The maximum atomic E-state index is 12.9. The van der Waals surface area contributed by atoms with Crippen molar-refractivity contribution in [3.05, 3.63) is 51.0 Å². The highest BCUT2D eigenvalue weighted by Crippen LogP contribution is 2.26. The van der Waals surface area contributed by atoms with Crippen molar-refractivity contribution >= 4 is 34.0 Å². The van der Waals surface area contributed by atoms with Crippen LogP contribution in [0.15, 0.2) is 29.8 Å². The fourth-order valence-corrected chi connectivity index (χ4v) is 3.50. The summed E-state index contributed by atoms with van der Waals surface area (Å²) in [6.07, 6.45) is 2.84. The first kappa shape index (κ1) is 17.0. The SMILES string of the molecule is Cc1c(C(=O)N2CCCC2C(=O)Nc2nccs2)cccc1[N+](=O)[O-]. The fourth-order valence-electron chi connectivity index (χ4n) is 2.96. The summed E-state index contributed by atoms with van der Waals surface area (Å²) < 4.78 is 0. The number of nitrogens with zero attached hydrogens (tertiary/aromatic N) is 3. The quantitative estimate of drug-likeness (QED) is 0.666. The average Bonchev–Trinajstić information content (AvgIpc) is 3.25. The van der Waals surface area contributed by atoms with Crippen LogP contribution >= 0.6 is 11.3 Å². The van der Waals surface area contributed by atoms with E-state index in [4.69, 9.17) is 0 Å². The molecule has 1 aliphatic rings. The highest BCUT2D eigenvalue weighted by atomic mass is 32.1.